The molecule has 2 N–H and O–H groups in total. The van der Waals surface area contributed by atoms with E-state index in [2.05, 4.69) is 20.6 Å². The second-order valence-corrected chi connectivity index (χ2v) is 4.90. The molecule has 0 radical (unpaired) electrons. The zero-order valence-corrected chi connectivity index (χ0v) is 13.7. The maximum Gasteiger partial charge on any atom is 0.421 e. The molecular weight excluding hydrogens is 349 g/mol. The van der Waals surface area contributed by atoms with Gasteiger partial charge in [-0.2, -0.15) is 18.2 Å². The van der Waals surface area contributed by atoms with Crippen molar-refractivity contribution < 1.29 is 22.6 Å². The summed E-state index contributed by atoms with van der Waals surface area (Å²) in [6.07, 6.45) is -3.87. The zero-order chi connectivity index (χ0) is 17.9. The lowest BCUT2D eigenvalue weighted by atomic mass is 10.2. The van der Waals surface area contributed by atoms with E-state index >= 15 is 0 Å². The molecule has 1 aromatic heterocycles. The molecular formula is C14H14ClF3N4O2. The van der Waals surface area contributed by atoms with Crippen LogP contribution in [0.2, 0.25) is 5.02 Å². The lowest BCUT2D eigenvalue weighted by Gasteiger charge is -2.15. The Balaban J connectivity index is 2.42. The third kappa shape index (κ3) is 3.73. The van der Waals surface area contributed by atoms with Crippen molar-refractivity contribution in [3.8, 4) is 11.5 Å². The summed E-state index contributed by atoms with van der Waals surface area (Å²) in [6.45, 7) is 0. The Morgan fingerprint density at radius 3 is 2.42 bits per heavy atom. The first kappa shape index (κ1) is 17.9. The summed E-state index contributed by atoms with van der Waals surface area (Å²) >= 11 is 6.17. The molecule has 24 heavy (non-hydrogen) atoms. The number of alkyl halides is 3. The minimum Gasteiger partial charge on any atom is -0.497 e. The molecule has 0 saturated heterocycles. The molecule has 0 saturated carbocycles. The van der Waals surface area contributed by atoms with Crippen molar-refractivity contribution in [3.05, 3.63) is 28.9 Å². The van der Waals surface area contributed by atoms with Crippen LogP contribution in [0.1, 0.15) is 5.56 Å². The van der Waals surface area contributed by atoms with Crippen molar-refractivity contribution in [2.24, 2.45) is 0 Å². The van der Waals surface area contributed by atoms with Gasteiger partial charge in [0.25, 0.3) is 0 Å². The molecule has 1 aromatic carbocycles. The summed E-state index contributed by atoms with van der Waals surface area (Å²) in [7, 11) is 4.22. The van der Waals surface area contributed by atoms with Crippen LogP contribution in [0.4, 0.5) is 30.6 Å². The van der Waals surface area contributed by atoms with Gasteiger partial charge in [0.15, 0.2) is 0 Å². The number of hydrogen-bond donors (Lipinski definition) is 2. The van der Waals surface area contributed by atoms with Gasteiger partial charge in [-0.1, -0.05) is 11.6 Å². The van der Waals surface area contributed by atoms with Crippen molar-refractivity contribution in [3.63, 3.8) is 0 Å². The first-order valence-corrected chi connectivity index (χ1v) is 6.98. The molecule has 0 atom stereocenters. The molecule has 0 aliphatic carbocycles. The first-order chi connectivity index (χ1) is 11.3. The Morgan fingerprint density at radius 2 is 1.88 bits per heavy atom. The van der Waals surface area contributed by atoms with E-state index in [1.54, 1.807) is 12.1 Å². The van der Waals surface area contributed by atoms with Gasteiger partial charge < -0.3 is 20.1 Å². The highest BCUT2D eigenvalue weighted by atomic mass is 35.5. The number of nitrogens with zero attached hydrogens (tertiary/aromatic N) is 2. The van der Waals surface area contributed by atoms with E-state index in [0.29, 0.717) is 23.4 Å². The molecule has 2 aromatic rings. The molecule has 0 bridgehead atoms. The molecule has 0 amide bonds. The fourth-order valence-electron chi connectivity index (χ4n) is 1.89. The number of halogens is 4. The Morgan fingerprint density at radius 1 is 1.17 bits per heavy atom. The van der Waals surface area contributed by atoms with Crippen molar-refractivity contribution >= 4 is 29.1 Å². The van der Waals surface area contributed by atoms with E-state index in [-0.39, 0.29) is 16.8 Å². The number of nitrogens with one attached hydrogen (secondary N) is 2. The van der Waals surface area contributed by atoms with E-state index < -0.39 is 11.7 Å². The largest absolute Gasteiger partial charge is 0.497 e. The number of ether oxygens (including phenoxy) is 2. The van der Waals surface area contributed by atoms with Gasteiger partial charge in [-0.15, -0.1) is 0 Å². The minimum absolute atomic E-state index is 0.0652. The summed E-state index contributed by atoms with van der Waals surface area (Å²) in [5, 5.41) is 5.36. The maximum atomic E-state index is 12.9. The predicted molar refractivity (Wildman–Crippen MR) is 84.4 cm³/mol. The molecule has 0 fully saturated rings. The normalized spacial score (nSPS) is 11.1. The number of rotatable bonds is 5. The maximum absolute atomic E-state index is 12.9. The summed E-state index contributed by atoms with van der Waals surface area (Å²) in [4.78, 5) is 7.49. The summed E-state index contributed by atoms with van der Waals surface area (Å²) in [6, 6.07) is 3.12. The van der Waals surface area contributed by atoms with Crippen LogP contribution >= 0.6 is 11.6 Å². The third-order valence-electron chi connectivity index (χ3n) is 3.05. The Labute approximate surface area is 141 Å². The van der Waals surface area contributed by atoms with Gasteiger partial charge in [0.2, 0.25) is 5.95 Å². The number of methoxy groups -OCH3 is 2. The highest BCUT2D eigenvalue weighted by molar-refractivity contribution is 6.34. The van der Waals surface area contributed by atoms with Crippen LogP contribution < -0.4 is 20.1 Å². The number of anilines is 3. The fourth-order valence-corrected chi connectivity index (χ4v) is 2.12. The topological polar surface area (TPSA) is 68.3 Å². The van der Waals surface area contributed by atoms with Gasteiger partial charge in [-0.05, 0) is 0 Å². The lowest BCUT2D eigenvalue weighted by molar-refractivity contribution is -0.137. The Kier molecular flexibility index (Phi) is 5.23. The van der Waals surface area contributed by atoms with Crippen LogP contribution in [0.15, 0.2) is 18.3 Å². The van der Waals surface area contributed by atoms with Crippen LogP contribution in [-0.2, 0) is 6.18 Å². The molecule has 130 valence electrons. The average molecular weight is 363 g/mol. The Bertz CT molecular complexity index is 741. The Hall–Kier alpha value is -2.42. The monoisotopic (exact) mass is 362 g/mol. The predicted octanol–water partition coefficient (Wildman–Crippen LogP) is 3.95. The fraction of sp³-hybridized carbons (Fsp3) is 0.286. The van der Waals surface area contributed by atoms with Gasteiger partial charge in [0.1, 0.15) is 27.9 Å². The van der Waals surface area contributed by atoms with E-state index in [9.17, 15) is 13.2 Å². The highest BCUT2D eigenvalue weighted by Gasteiger charge is 2.35. The van der Waals surface area contributed by atoms with Crippen molar-refractivity contribution in [1.82, 2.24) is 9.97 Å². The van der Waals surface area contributed by atoms with Gasteiger partial charge in [-0.3, -0.25) is 0 Å². The number of hydrogen-bond acceptors (Lipinski definition) is 6. The van der Waals surface area contributed by atoms with E-state index in [1.807, 2.05) is 0 Å². The van der Waals surface area contributed by atoms with Crippen molar-refractivity contribution in [2.45, 2.75) is 6.18 Å². The molecule has 1 heterocycles. The summed E-state index contributed by atoms with van der Waals surface area (Å²) in [5.74, 6) is 0.356. The summed E-state index contributed by atoms with van der Waals surface area (Å²) in [5.41, 5.74) is -0.639. The molecule has 6 nitrogen and oxygen atoms in total. The van der Waals surface area contributed by atoms with Crippen LogP contribution in [0.3, 0.4) is 0 Å². The second-order valence-electron chi connectivity index (χ2n) is 4.52. The molecule has 0 spiro atoms. The zero-order valence-electron chi connectivity index (χ0n) is 13.0. The van der Waals surface area contributed by atoms with Gasteiger partial charge >= 0.3 is 6.18 Å². The molecule has 10 heteroatoms. The highest BCUT2D eigenvalue weighted by Crippen LogP contribution is 2.38. The summed E-state index contributed by atoms with van der Waals surface area (Å²) < 4.78 is 48.8. The van der Waals surface area contributed by atoms with Gasteiger partial charge in [0.05, 0.1) is 19.9 Å². The van der Waals surface area contributed by atoms with E-state index in [1.165, 1.54) is 21.3 Å². The van der Waals surface area contributed by atoms with Crippen LogP contribution in [0, 0.1) is 0 Å². The van der Waals surface area contributed by atoms with Crippen LogP contribution in [0.5, 0.6) is 11.5 Å². The van der Waals surface area contributed by atoms with Crippen molar-refractivity contribution in [2.75, 3.05) is 31.9 Å². The SMILES string of the molecule is CNc1nc(Nc2cc(OC)cc(OC)c2Cl)ncc1C(F)(F)F. The molecule has 0 aliphatic heterocycles. The lowest BCUT2D eigenvalue weighted by Crippen LogP contribution is -2.12. The van der Waals surface area contributed by atoms with Crippen molar-refractivity contribution in [1.29, 1.82) is 0 Å². The molecule has 0 aliphatic rings. The van der Waals surface area contributed by atoms with E-state index in [4.69, 9.17) is 21.1 Å². The van der Waals surface area contributed by atoms with Crippen LogP contribution in [-0.4, -0.2) is 31.2 Å². The van der Waals surface area contributed by atoms with E-state index in [0.717, 1.165) is 0 Å². The second kappa shape index (κ2) is 7.00. The standard InChI is InChI=1S/C14H14ClF3N4O2/c1-19-12-8(14(16,17)18)6-20-13(22-12)21-9-4-7(23-2)5-10(24-3)11(9)15/h4-6H,1-3H3,(H2,19,20,21,22). The van der Waals surface area contributed by atoms with Gasteiger partial charge in [-0.25, -0.2) is 4.98 Å². The minimum atomic E-state index is -4.56. The first-order valence-electron chi connectivity index (χ1n) is 6.60. The van der Waals surface area contributed by atoms with Gasteiger partial charge in [0, 0.05) is 25.4 Å². The van der Waals surface area contributed by atoms with Crippen LogP contribution in [0.25, 0.3) is 0 Å². The smallest absolute Gasteiger partial charge is 0.421 e. The third-order valence-corrected chi connectivity index (χ3v) is 3.44. The molecule has 2 rings (SSSR count). The average Bonchev–Trinajstić information content (AvgIpc) is 2.55. The number of benzene rings is 1. The number of aromatic nitrogens is 2. The molecule has 0 unspecified atom stereocenters. The quantitative estimate of drug-likeness (QED) is 0.839.